The smallest absolute Gasteiger partial charge is 0.345 e. The van der Waals surface area contributed by atoms with Crippen LogP contribution in [-0.2, 0) is 0 Å². The van der Waals surface area contributed by atoms with E-state index in [1.54, 1.807) is 22.7 Å². The lowest BCUT2D eigenvalue weighted by Gasteiger charge is -2.04. The normalized spacial score (nSPS) is 19.1. The number of hydrogen-bond donors (Lipinski definition) is 2. The van der Waals surface area contributed by atoms with Crippen molar-refractivity contribution in [2.45, 2.75) is 8.42 Å². The second-order valence-corrected chi connectivity index (χ2v) is 11.7. The van der Waals surface area contributed by atoms with Crippen LogP contribution in [-0.4, -0.2) is 0 Å². The molecule has 0 bridgehead atoms. The molecular formula is C17H12O2S4. The van der Waals surface area contributed by atoms with Crippen molar-refractivity contribution in [1.29, 1.82) is 0 Å². The summed E-state index contributed by atoms with van der Waals surface area (Å²) < 4.78 is 10.3. The lowest BCUT2D eigenvalue weighted by Crippen LogP contribution is -1.95. The second kappa shape index (κ2) is 5.27. The molecule has 3 aromatic heterocycles. The number of allylic oxidation sites excluding steroid dienone is 4. The Morgan fingerprint density at radius 2 is 1.35 bits per heavy atom. The molecule has 0 saturated carbocycles. The van der Waals surface area contributed by atoms with Crippen LogP contribution < -0.4 is 5.63 Å². The Morgan fingerprint density at radius 3 is 2.00 bits per heavy atom. The Labute approximate surface area is 145 Å². The average Bonchev–Trinajstić information content (AvgIpc) is 3.30. The van der Waals surface area contributed by atoms with E-state index in [-0.39, 0.29) is 16.5 Å². The van der Waals surface area contributed by atoms with Crippen LogP contribution >= 0.6 is 44.5 Å². The molecule has 0 atom stereocenters. The molecule has 0 radical (unpaired) electrons. The fraction of sp³-hybridized carbons (Fsp3) is 0. The van der Waals surface area contributed by atoms with Crippen LogP contribution in [0, 0.1) is 0 Å². The van der Waals surface area contributed by atoms with Crippen LogP contribution in [0.5, 0.6) is 0 Å². The molecule has 6 heteroatoms. The van der Waals surface area contributed by atoms with E-state index in [2.05, 4.69) is 45.9 Å². The van der Waals surface area contributed by atoms with Crippen LogP contribution in [0.1, 0.15) is 0 Å². The third-order valence-corrected chi connectivity index (χ3v) is 10.8. The minimum atomic E-state index is -0.393. The lowest BCUT2D eigenvalue weighted by atomic mass is 10.3. The molecule has 3 aromatic rings. The predicted octanol–water partition coefficient (Wildman–Crippen LogP) is 5.87. The molecule has 2 aliphatic rings. The summed E-state index contributed by atoms with van der Waals surface area (Å²) in [5, 5.41) is 9.62. The van der Waals surface area contributed by atoms with E-state index < -0.39 is 10.9 Å². The number of rotatable bonds is 2. The van der Waals surface area contributed by atoms with Gasteiger partial charge in [0.25, 0.3) is 0 Å². The van der Waals surface area contributed by atoms with E-state index in [1.807, 2.05) is 12.1 Å². The van der Waals surface area contributed by atoms with Gasteiger partial charge >= 0.3 is 5.63 Å². The fourth-order valence-electron chi connectivity index (χ4n) is 2.67. The van der Waals surface area contributed by atoms with Gasteiger partial charge in [-0.2, -0.15) is 21.8 Å². The first-order valence-electron chi connectivity index (χ1n) is 7.06. The summed E-state index contributed by atoms with van der Waals surface area (Å²) in [4.78, 5) is 12.3. The monoisotopic (exact) mass is 376 g/mol. The lowest BCUT2D eigenvalue weighted by molar-refractivity contribution is 0.570. The zero-order chi connectivity index (χ0) is 15.4. The molecule has 0 fully saturated rings. The molecule has 116 valence electrons. The fourth-order valence-corrected chi connectivity index (χ4v) is 9.12. The van der Waals surface area contributed by atoms with E-state index in [9.17, 15) is 4.79 Å². The van der Waals surface area contributed by atoms with Crippen molar-refractivity contribution >= 4 is 64.8 Å². The maximum Gasteiger partial charge on any atom is 0.345 e. The summed E-state index contributed by atoms with van der Waals surface area (Å²) in [5.41, 5.74) is 0.518. The summed E-state index contributed by atoms with van der Waals surface area (Å²) >= 11 is 3.51. The van der Waals surface area contributed by atoms with E-state index >= 15 is 0 Å². The van der Waals surface area contributed by atoms with Gasteiger partial charge in [-0.3, -0.25) is 0 Å². The van der Waals surface area contributed by atoms with Gasteiger partial charge in [0.15, 0.2) is 5.58 Å². The molecule has 0 unspecified atom stereocenters. The highest BCUT2D eigenvalue weighted by atomic mass is 32.2. The minimum absolute atomic E-state index is 0.216. The van der Waals surface area contributed by atoms with Crippen molar-refractivity contribution in [3.63, 3.8) is 0 Å². The maximum absolute atomic E-state index is 12.3. The summed E-state index contributed by atoms with van der Waals surface area (Å²) in [6, 6.07) is 4.07. The molecule has 5 heterocycles. The molecular weight excluding hydrogens is 364 g/mol. The van der Waals surface area contributed by atoms with Crippen molar-refractivity contribution in [3.05, 3.63) is 68.5 Å². The number of fused-ring (bicyclic) bond motifs is 3. The molecule has 0 spiro atoms. The highest BCUT2D eigenvalue weighted by molar-refractivity contribution is 8.24. The van der Waals surface area contributed by atoms with Gasteiger partial charge in [-0.1, -0.05) is 24.3 Å². The topological polar surface area (TPSA) is 30.2 Å². The van der Waals surface area contributed by atoms with Crippen LogP contribution in [0.3, 0.4) is 0 Å². The number of thiophene rings is 2. The van der Waals surface area contributed by atoms with Crippen LogP contribution in [0.2, 0.25) is 0 Å². The summed E-state index contributed by atoms with van der Waals surface area (Å²) in [7, 11) is -0.766. The quantitative estimate of drug-likeness (QED) is 0.548. The van der Waals surface area contributed by atoms with Gasteiger partial charge in [-0.15, -0.1) is 22.7 Å². The van der Waals surface area contributed by atoms with Crippen LogP contribution in [0.4, 0.5) is 0 Å². The van der Waals surface area contributed by atoms with Gasteiger partial charge in [0.05, 0.1) is 19.0 Å². The van der Waals surface area contributed by atoms with E-state index in [0.717, 1.165) is 20.4 Å². The Hall–Kier alpha value is -1.47. The summed E-state index contributed by atoms with van der Waals surface area (Å²) in [6.45, 7) is 0. The van der Waals surface area contributed by atoms with E-state index in [4.69, 9.17) is 4.42 Å². The van der Waals surface area contributed by atoms with Crippen molar-refractivity contribution in [2.24, 2.45) is 0 Å². The van der Waals surface area contributed by atoms with Gasteiger partial charge in [0, 0.05) is 10.3 Å². The minimum Gasteiger partial charge on any atom is -0.421 e. The predicted molar refractivity (Wildman–Crippen MR) is 107 cm³/mol. The van der Waals surface area contributed by atoms with Gasteiger partial charge in [-0.05, 0) is 27.7 Å². The van der Waals surface area contributed by atoms with Crippen molar-refractivity contribution in [2.75, 3.05) is 0 Å². The van der Waals surface area contributed by atoms with E-state index in [1.165, 1.54) is 8.42 Å². The largest absolute Gasteiger partial charge is 0.421 e. The average molecular weight is 377 g/mol. The van der Waals surface area contributed by atoms with Crippen molar-refractivity contribution in [3.8, 4) is 0 Å². The molecule has 0 saturated heterocycles. The molecule has 0 amide bonds. The van der Waals surface area contributed by atoms with Crippen LogP contribution in [0.15, 0.2) is 75.7 Å². The molecule has 5 rings (SSSR count). The molecule has 23 heavy (non-hydrogen) atoms. The Kier molecular flexibility index (Phi) is 3.19. The van der Waals surface area contributed by atoms with Gasteiger partial charge < -0.3 is 4.42 Å². The Balaban J connectivity index is 1.75. The van der Waals surface area contributed by atoms with Crippen molar-refractivity contribution < 1.29 is 4.42 Å². The molecule has 2 nitrogen and oxygen atoms in total. The highest BCUT2D eigenvalue weighted by Crippen LogP contribution is 2.51. The first-order chi connectivity index (χ1) is 11.3. The van der Waals surface area contributed by atoms with E-state index in [0.29, 0.717) is 0 Å². The molecule has 0 aromatic carbocycles. The second-order valence-electron chi connectivity index (χ2n) is 5.18. The van der Waals surface area contributed by atoms with Crippen LogP contribution in [0.25, 0.3) is 20.4 Å². The highest BCUT2D eigenvalue weighted by Gasteiger charge is 2.18. The third kappa shape index (κ3) is 2.21. The maximum atomic E-state index is 12.3. The summed E-state index contributed by atoms with van der Waals surface area (Å²) in [6.07, 6.45) is 8.34. The zero-order valence-corrected chi connectivity index (χ0v) is 15.2. The van der Waals surface area contributed by atoms with Gasteiger partial charge in [-0.25, -0.2) is 4.79 Å². The van der Waals surface area contributed by atoms with Gasteiger partial charge in [0.2, 0.25) is 0 Å². The molecule has 0 aliphatic carbocycles. The number of hydrogen-bond acceptors (Lipinski definition) is 4. The molecule has 2 aliphatic heterocycles. The summed E-state index contributed by atoms with van der Waals surface area (Å²) in [5.74, 6) is 0. The first kappa shape index (κ1) is 13.9. The Bertz CT molecular complexity index is 1080. The molecule has 0 N–H and O–H groups in total. The van der Waals surface area contributed by atoms with Gasteiger partial charge in [0.1, 0.15) is 0 Å². The Morgan fingerprint density at radius 1 is 0.783 bits per heavy atom. The third-order valence-electron chi connectivity index (χ3n) is 3.75. The standard InChI is InChI=1S/C17H12O2S4/c18-17-11-9-13(22-5-1-2-6-22)20-15(11)16-12(19-17)10-14(21-16)23-7-3-4-8-23/h1-10,22-23H. The first-order valence-corrected chi connectivity index (χ1v) is 11.7. The zero-order valence-electron chi connectivity index (χ0n) is 11.8. The van der Waals surface area contributed by atoms with Crippen molar-refractivity contribution in [1.82, 2.24) is 0 Å². The number of thiol groups is 2. The SMILES string of the molecule is O=c1oc2cc([SH]3C=CC=C3)sc2c2sc([SH]3C=CC=C3)cc12.